The molecule has 0 unspecified atom stereocenters. The number of carbonyl (C=O) groups is 1. The van der Waals surface area contributed by atoms with Crippen molar-refractivity contribution in [2.45, 2.75) is 34.1 Å². The highest BCUT2D eigenvalue weighted by molar-refractivity contribution is 5.92. The maximum atomic E-state index is 12.8. The molecule has 1 aromatic carbocycles. The Morgan fingerprint density at radius 2 is 1.69 bits per heavy atom. The number of pyridine rings is 1. The van der Waals surface area contributed by atoms with E-state index in [0.29, 0.717) is 23.1 Å². The molecule has 4 aromatic rings. The molecule has 1 N–H and O–H groups in total. The van der Waals surface area contributed by atoms with E-state index < -0.39 is 0 Å². The van der Waals surface area contributed by atoms with Gasteiger partial charge in [-0.3, -0.25) is 9.78 Å². The maximum Gasteiger partial charge on any atom is 0.251 e. The summed E-state index contributed by atoms with van der Waals surface area (Å²) < 4.78 is 7.51. The number of nitrogens with one attached hydrogen (secondary N) is 1. The summed E-state index contributed by atoms with van der Waals surface area (Å²) in [5.74, 6) is 1.67. The molecule has 0 bridgehead atoms. The normalized spacial score (nSPS) is 10.8. The van der Waals surface area contributed by atoms with E-state index in [1.807, 2.05) is 52.0 Å². The Bertz CT molecular complexity index is 1250. The van der Waals surface area contributed by atoms with E-state index in [2.05, 4.69) is 25.4 Å². The fourth-order valence-electron chi connectivity index (χ4n) is 3.47. The number of hydrogen-bond acceptors (Lipinski definition) is 6. The smallest absolute Gasteiger partial charge is 0.251 e. The predicted molar refractivity (Wildman–Crippen MR) is 121 cm³/mol. The van der Waals surface area contributed by atoms with Gasteiger partial charge in [0.25, 0.3) is 5.95 Å². The molecule has 162 valence electrons. The highest BCUT2D eigenvalue weighted by Gasteiger charge is 2.18. The molecule has 3 aromatic heterocycles. The molecular weight excluding hydrogens is 404 g/mol. The lowest BCUT2D eigenvalue weighted by Crippen LogP contribution is -2.15. The monoisotopic (exact) mass is 428 g/mol. The van der Waals surface area contributed by atoms with Crippen molar-refractivity contribution in [1.82, 2.24) is 24.7 Å². The molecule has 8 heteroatoms. The molecule has 0 aliphatic rings. The number of aryl methyl sites for hydroxylation is 3. The number of hydrogen-bond donors (Lipinski definition) is 1. The van der Waals surface area contributed by atoms with Crippen LogP contribution in [0.3, 0.4) is 0 Å². The minimum atomic E-state index is -0.141. The first-order chi connectivity index (χ1) is 15.4. The van der Waals surface area contributed by atoms with Gasteiger partial charge in [-0.2, -0.15) is 5.10 Å². The third-order valence-electron chi connectivity index (χ3n) is 4.94. The van der Waals surface area contributed by atoms with Gasteiger partial charge in [0.15, 0.2) is 0 Å². The van der Waals surface area contributed by atoms with E-state index in [-0.39, 0.29) is 12.3 Å². The van der Waals surface area contributed by atoms with Crippen molar-refractivity contribution in [3.63, 3.8) is 0 Å². The minimum Gasteiger partial charge on any atom is -0.457 e. The number of benzene rings is 1. The number of ether oxygens (including phenoxy) is 1. The zero-order chi connectivity index (χ0) is 22.7. The largest absolute Gasteiger partial charge is 0.457 e. The van der Waals surface area contributed by atoms with Crippen LogP contribution < -0.4 is 10.1 Å². The van der Waals surface area contributed by atoms with E-state index in [0.717, 1.165) is 28.3 Å². The Hall–Kier alpha value is -4.07. The third kappa shape index (κ3) is 4.80. The van der Waals surface area contributed by atoms with Crippen molar-refractivity contribution in [3.05, 3.63) is 83.2 Å². The first kappa shape index (κ1) is 21.2. The molecule has 0 radical (unpaired) electrons. The molecule has 8 nitrogen and oxygen atoms in total. The summed E-state index contributed by atoms with van der Waals surface area (Å²) in [6.07, 6.45) is 3.52. The van der Waals surface area contributed by atoms with Crippen LogP contribution in [-0.2, 0) is 11.2 Å². The third-order valence-corrected chi connectivity index (χ3v) is 4.94. The van der Waals surface area contributed by atoms with Crippen LogP contribution in [0.4, 0.5) is 5.69 Å². The predicted octanol–water partition coefficient (Wildman–Crippen LogP) is 4.26. The molecule has 0 fully saturated rings. The van der Waals surface area contributed by atoms with Gasteiger partial charge in [0.05, 0.1) is 12.1 Å². The summed E-state index contributed by atoms with van der Waals surface area (Å²) in [7, 11) is 0. The maximum absolute atomic E-state index is 12.8. The minimum absolute atomic E-state index is 0.141. The van der Waals surface area contributed by atoms with Gasteiger partial charge in [0.2, 0.25) is 5.91 Å². The Morgan fingerprint density at radius 3 is 2.41 bits per heavy atom. The molecule has 0 spiro atoms. The van der Waals surface area contributed by atoms with Gasteiger partial charge in [0, 0.05) is 46.8 Å². The molecule has 4 rings (SSSR count). The van der Waals surface area contributed by atoms with Crippen LogP contribution in [0, 0.1) is 27.7 Å². The van der Waals surface area contributed by atoms with Crippen LogP contribution in [0.1, 0.15) is 28.3 Å². The van der Waals surface area contributed by atoms with Gasteiger partial charge in [-0.1, -0.05) is 6.07 Å². The van der Waals surface area contributed by atoms with Crippen molar-refractivity contribution in [3.8, 4) is 17.4 Å². The summed E-state index contributed by atoms with van der Waals surface area (Å²) in [4.78, 5) is 25.7. The number of amides is 1. The molecule has 0 aliphatic carbocycles. The number of carbonyl (C=O) groups excluding carboxylic acids is 1. The number of nitrogens with zero attached hydrogens (tertiary/aromatic N) is 5. The van der Waals surface area contributed by atoms with Crippen LogP contribution in [0.15, 0.2) is 54.9 Å². The highest BCUT2D eigenvalue weighted by Crippen LogP contribution is 2.24. The second-order valence-electron chi connectivity index (χ2n) is 7.55. The Labute approximate surface area is 186 Å². The zero-order valence-electron chi connectivity index (χ0n) is 18.5. The average Bonchev–Trinajstić information content (AvgIpc) is 3.02. The molecule has 3 heterocycles. The van der Waals surface area contributed by atoms with Gasteiger partial charge >= 0.3 is 0 Å². The number of anilines is 1. The van der Waals surface area contributed by atoms with E-state index in [1.165, 1.54) is 0 Å². The first-order valence-corrected chi connectivity index (χ1v) is 10.2. The summed E-state index contributed by atoms with van der Waals surface area (Å²) in [5.41, 5.74) is 4.87. The van der Waals surface area contributed by atoms with Gasteiger partial charge in [0.1, 0.15) is 11.5 Å². The Balaban J connectivity index is 1.49. The summed E-state index contributed by atoms with van der Waals surface area (Å²) in [6, 6.07) is 12.7. The summed E-state index contributed by atoms with van der Waals surface area (Å²) in [6.45, 7) is 7.65. The quantitative estimate of drug-likeness (QED) is 0.493. The molecule has 0 aliphatic heterocycles. The van der Waals surface area contributed by atoms with E-state index in [9.17, 15) is 4.79 Å². The number of aromatic nitrogens is 5. The Morgan fingerprint density at radius 1 is 0.969 bits per heavy atom. The van der Waals surface area contributed by atoms with Gasteiger partial charge in [-0.05, 0) is 58.0 Å². The van der Waals surface area contributed by atoms with Crippen LogP contribution in [-0.4, -0.2) is 30.6 Å². The summed E-state index contributed by atoms with van der Waals surface area (Å²) >= 11 is 0. The van der Waals surface area contributed by atoms with Crippen molar-refractivity contribution in [1.29, 1.82) is 0 Å². The Kier molecular flexibility index (Phi) is 5.93. The van der Waals surface area contributed by atoms with Gasteiger partial charge in [-0.25, -0.2) is 14.6 Å². The standard InChI is InChI=1S/C24H24N6O2/c1-15-12-16(2)27-24(26-15)30-18(4)22(17(3)29-30)14-23(31)28-19-6-5-7-21(13-19)32-20-8-10-25-11-9-20/h5-13H,14H2,1-4H3,(H,28,31). The van der Waals surface area contributed by atoms with E-state index >= 15 is 0 Å². The second-order valence-corrected chi connectivity index (χ2v) is 7.55. The van der Waals surface area contributed by atoms with Crippen molar-refractivity contribution in [2.75, 3.05) is 5.32 Å². The van der Waals surface area contributed by atoms with Crippen LogP contribution in [0.5, 0.6) is 11.5 Å². The average molecular weight is 428 g/mol. The van der Waals surface area contributed by atoms with Crippen molar-refractivity contribution in [2.24, 2.45) is 0 Å². The lowest BCUT2D eigenvalue weighted by Gasteiger charge is -2.09. The fourth-order valence-corrected chi connectivity index (χ4v) is 3.47. The molecule has 32 heavy (non-hydrogen) atoms. The first-order valence-electron chi connectivity index (χ1n) is 10.2. The van der Waals surface area contributed by atoms with Crippen molar-refractivity contribution < 1.29 is 9.53 Å². The lowest BCUT2D eigenvalue weighted by atomic mass is 10.1. The van der Waals surface area contributed by atoms with Crippen LogP contribution in [0.2, 0.25) is 0 Å². The molecule has 1 amide bonds. The topological polar surface area (TPSA) is 94.8 Å². The van der Waals surface area contributed by atoms with Crippen molar-refractivity contribution >= 4 is 11.6 Å². The highest BCUT2D eigenvalue weighted by atomic mass is 16.5. The summed E-state index contributed by atoms with van der Waals surface area (Å²) in [5, 5.41) is 7.51. The van der Waals surface area contributed by atoms with E-state index in [4.69, 9.17) is 4.74 Å². The molecule has 0 saturated heterocycles. The molecular formula is C24H24N6O2. The fraction of sp³-hybridized carbons (Fsp3) is 0.208. The zero-order valence-corrected chi connectivity index (χ0v) is 18.5. The molecule has 0 saturated carbocycles. The number of rotatable bonds is 6. The van der Waals surface area contributed by atoms with Crippen LogP contribution in [0.25, 0.3) is 5.95 Å². The second kappa shape index (κ2) is 8.97. The van der Waals surface area contributed by atoms with Gasteiger partial charge in [-0.15, -0.1) is 0 Å². The van der Waals surface area contributed by atoms with Gasteiger partial charge < -0.3 is 10.1 Å². The molecule has 0 atom stereocenters. The SMILES string of the molecule is Cc1cc(C)nc(-n2nc(C)c(CC(=O)Nc3cccc(Oc4ccncc4)c3)c2C)n1. The lowest BCUT2D eigenvalue weighted by molar-refractivity contribution is -0.115. The van der Waals surface area contributed by atoms with Crippen LogP contribution >= 0.6 is 0 Å². The van der Waals surface area contributed by atoms with E-state index in [1.54, 1.807) is 35.3 Å².